The van der Waals surface area contributed by atoms with E-state index in [0.717, 1.165) is 31.0 Å². The van der Waals surface area contributed by atoms with E-state index in [9.17, 15) is 35.1 Å². The molecule has 2 unspecified atom stereocenters. The maximum absolute atomic E-state index is 14.6. The first-order chi connectivity index (χ1) is 18.5. The molecule has 216 valence electrons. The third-order valence-corrected chi connectivity index (χ3v) is 6.65. The third kappa shape index (κ3) is 7.79. The highest BCUT2D eigenvalue weighted by atomic mass is 19.3. The molecule has 3 nitrogen and oxygen atoms in total. The lowest BCUT2D eigenvalue weighted by molar-refractivity contribution is -0.0644. The van der Waals surface area contributed by atoms with Crippen LogP contribution in [0.5, 0.6) is 17.2 Å². The summed E-state index contributed by atoms with van der Waals surface area (Å²) < 4.78 is 129. The molecule has 2 atom stereocenters. The number of halogens is 8. The minimum atomic E-state index is -3.31. The van der Waals surface area contributed by atoms with Crippen molar-refractivity contribution in [2.24, 2.45) is 11.8 Å². The molecular weight excluding hydrogens is 536 g/mol. The summed E-state index contributed by atoms with van der Waals surface area (Å²) in [5, 5.41) is 0. The van der Waals surface area contributed by atoms with Crippen LogP contribution in [0.2, 0.25) is 0 Å². The molecule has 39 heavy (non-hydrogen) atoms. The first-order valence-electron chi connectivity index (χ1n) is 12.6. The molecule has 0 N–H and O–H groups in total. The number of hydrogen-bond acceptors (Lipinski definition) is 3. The lowest BCUT2D eigenvalue weighted by Gasteiger charge is -2.29. The lowest BCUT2D eigenvalue weighted by Crippen LogP contribution is -2.30. The Morgan fingerprint density at radius 1 is 0.846 bits per heavy atom. The SMILES string of the molecule is C=CC1CCC(CC(F)(F)COc2ccc(C(F)C(F)COc3ccc(OCC)c(F)c3F)c(F)c2F)CC1. The normalized spacial score (nSPS) is 19.3. The van der Waals surface area contributed by atoms with Crippen molar-refractivity contribution < 1.29 is 49.3 Å². The molecule has 11 heteroatoms. The molecule has 0 aliphatic heterocycles. The summed E-state index contributed by atoms with van der Waals surface area (Å²) in [6, 6.07) is 3.36. The van der Waals surface area contributed by atoms with E-state index in [-0.39, 0.29) is 12.5 Å². The van der Waals surface area contributed by atoms with Crippen LogP contribution in [0.4, 0.5) is 35.1 Å². The predicted molar refractivity (Wildman–Crippen MR) is 129 cm³/mol. The summed E-state index contributed by atoms with van der Waals surface area (Å²) in [6.07, 6.45) is -1.36. The maximum Gasteiger partial charge on any atom is 0.281 e. The Bertz CT molecular complexity index is 1120. The van der Waals surface area contributed by atoms with Crippen LogP contribution in [-0.2, 0) is 0 Å². The third-order valence-electron chi connectivity index (χ3n) is 6.65. The highest BCUT2D eigenvalue weighted by Gasteiger charge is 2.36. The first-order valence-corrected chi connectivity index (χ1v) is 12.6. The summed E-state index contributed by atoms with van der Waals surface area (Å²) >= 11 is 0. The lowest BCUT2D eigenvalue weighted by atomic mass is 9.79. The van der Waals surface area contributed by atoms with E-state index in [4.69, 9.17) is 14.2 Å². The second-order valence-electron chi connectivity index (χ2n) is 9.50. The monoisotopic (exact) mass is 566 g/mol. The van der Waals surface area contributed by atoms with Gasteiger partial charge in [0.1, 0.15) is 6.61 Å². The summed E-state index contributed by atoms with van der Waals surface area (Å²) in [4.78, 5) is 0. The van der Waals surface area contributed by atoms with E-state index in [2.05, 4.69) is 6.58 Å². The Labute approximate surface area is 221 Å². The average Bonchev–Trinajstić information content (AvgIpc) is 2.91. The standard InChI is InChI=1S/C28H30F8O3/c1-3-16-5-7-17(8-6-16)13-28(35,36)15-39-22-10-9-18(24(31)25(22)32)23(30)19(29)14-38-21-12-11-20(37-4-2)26(33)27(21)34/h3,9-12,16-17,19,23H,1,4-8,13-15H2,2H3. The van der Waals surface area contributed by atoms with Gasteiger partial charge in [-0.15, -0.1) is 6.58 Å². The zero-order valence-electron chi connectivity index (χ0n) is 21.3. The summed E-state index contributed by atoms with van der Waals surface area (Å²) in [5.74, 6) is -11.8. The van der Waals surface area contributed by atoms with Crippen LogP contribution >= 0.6 is 0 Å². The van der Waals surface area contributed by atoms with Crippen LogP contribution in [0.15, 0.2) is 36.9 Å². The molecule has 2 aromatic rings. The Hall–Kier alpha value is -2.98. The number of rotatable bonds is 13. The van der Waals surface area contributed by atoms with E-state index in [1.165, 1.54) is 0 Å². The fourth-order valence-electron chi connectivity index (χ4n) is 4.50. The predicted octanol–water partition coefficient (Wildman–Crippen LogP) is 8.47. The van der Waals surface area contributed by atoms with Crippen molar-refractivity contribution in [1.29, 1.82) is 0 Å². The Morgan fingerprint density at radius 3 is 1.97 bits per heavy atom. The van der Waals surface area contributed by atoms with Crippen molar-refractivity contribution in [1.82, 2.24) is 0 Å². The molecule has 0 heterocycles. The van der Waals surface area contributed by atoms with Gasteiger partial charge in [-0.05, 0) is 68.7 Å². The van der Waals surface area contributed by atoms with Crippen molar-refractivity contribution in [3.8, 4) is 17.2 Å². The molecule has 0 amide bonds. The van der Waals surface area contributed by atoms with Crippen LogP contribution in [0.25, 0.3) is 0 Å². The van der Waals surface area contributed by atoms with Gasteiger partial charge in [0.05, 0.1) is 6.61 Å². The van der Waals surface area contributed by atoms with E-state index < -0.39 is 84.0 Å². The van der Waals surface area contributed by atoms with E-state index in [1.807, 2.05) is 0 Å². The van der Waals surface area contributed by atoms with Gasteiger partial charge in [-0.2, -0.15) is 13.2 Å². The number of ether oxygens (including phenoxy) is 3. The van der Waals surface area contributed by atoms with Crippen molar-refractivity contribution >= 4 is 0 Å². The van der Waals surface area contributed by atoms with Gasteiger partial charge in [0, 0.05) is 12.0 Å². The highest BCUT2D eigenvalue weighted by Crippen LogP contribution is 2.37. The van der Waals surface area contributed by atoms with E-state index in [0.29, 0.717) is 24.8 Å². The molecule has 3 rings (SSSR count). The van der Waals surface area contributed by atoms with E-state index in [1.54, 1.807) is 13.0 Å². The van der Waals surface area contributed by atoms with Crippen LogP contribution in [0.3, 0.4) is 0 Å². The maximum atomic E-state index is 14.6. The van der Waals surface area contributed by atoms with Gasteiger partial charge >= 0.3 is 0 Å². The van der Waals surface area contributed by atoms with Crippen molar-refractivity contribution in [3.63, 3.8) is 0 Å². The minimum absolute atomic E-state index is 0.0538. The largest absolute Gasteiger partial charge is 0.491 e. The smallest absolute Gasteiger partial charge is 0.281 e. The molecule has 1 aliphatic carbocycles. The van der Waals surface area contributed by atoms with Gasteiger partial charge in [-0.25, -0.2) is 22.0 Å². The average molecular weight is 567 g/mol. The van der Waals surface area contributed by atoms with Gasteiger partial charge < -0.3 is 14.2 Å². The Balaban J connectivity index is 1.58. The zero-order valence-corrected chi connectivity index (χ0v) is 21.3. The second-order valence-corrected chi connectivity index (χ2v) is 9.50. The van der Waals surface area contributed by atoms with Gasteiger partial charge in [-0.1, -0.05) is 6.08 Å². The van der Waals surface area contributed by atoms with Gasteiger partial charge in [-0.3, -0.25) is 0 Å². The zero-order chi connectivity index (χ0) is 28.7. The van der Waals surface area contributed by atoms with Gasteiger partial charge in [0.25, 0.3) is 5.92 Å². The quantitative estimate of drug-likeness (QED) is 0.180. The first kappa shape index (κ1) is 30.6. The number of benzene rings is 2. The van der Waals surface area contributed by atoms with Crippen LogP contribution in [0.1, 0.15) is 50.8 Å². The van der Waals surface area contributed by atoms with Crippen LogP contribution in [0, 0.1) is 35.1 Å². The molecule has 0 saturated heterocycles. The molecule has 0 spiro atoms. The van der Waals surface area contributed by atoms with Gasteiger partial charge in [0.2, 0.25) is 17.5 Å². The molecule has 0 bridgehead atoms. The molecule has 1 saturated carbocycles. The molecular formula is C28H30F8O3. The van der Waals surface area contributed by atoms with Crippen LogP contribution < -0.4 is 14.2 Å². The molecule has 0 radical (unpaired) electrons. The van der Waals surface area contributed by atoms with Crippen LogP contribution in [-0.4, -0.2) is 31.9 Å². The summed E-state index contributed by atoms with van der Waals surface area (Å²) in [5.41, 5.74) is -1.06. The second kappa shape index (κ2) is 13.4. The molecule has 1 aliphatic rings. The topological polar surface area (TPSA) is 27.7 Å². The van der Waals surface area contributed by atoms with Gasteiger partial charge in [0.15, 0.2) is 42.0 Å². The number of alkyl halides is 4. The summed E-state index contributed by atoms with van der Waals surface area (Å²) in [6.45, 7) is 2.93. The Kier molecular flexibility index (Phi) is 10.5. The number of allylic oxidation sites excluding steroid dienone is 1. The van der Waals surface area contributed by atoms with Crippen molar-refractivity contribution in [2.75, 3.05) is 19.8 Å². The van der Waals surface area contributed by atoms with E-state index >= 15 is 0 Å². The van der Waals surface area contributed by atoms with Crippen molar-refractivity contribution in [3.05, 3.63) is 65.8 Å². The molecule has 2 aromatic carbocycles. The highest BCUT2D eigenvalue weighted by molar-refractivity contribution is 5.35. The molecule has 1 fully saturated rings. The fraction of sp³-hybridized carbons (Fsp3) is 0.500. The minimum Gasteiger partial charge on any atom is -0.491 e. The Morgan fingerprint density at radius 2 is 1.38 bits per heavy atom. The molecule has 0 aromatic heterocycles. The summed E-state index contributed by atoms with van der Waals surface area (Å²) in [7, 11) is 0. The number of hydrogen-bond donors (Lipinski definition) is 0. The fourth-order valence-corrected chi connectivity index (χ4v) is 4.50. The van der Waals surface area contributed by atoms with Crippen molar-refractivity contribution in [2.45, 2.75) is 57.3 Å².